The topological polar surface area (TPSA) is 29.5 Å². The van der Waals surface area contributed by atoms with E-state index in [9.17, 15) is 0 Å². The van der Waals surface area contributed by atoms with Crippen LogP contribution in [0.15, 0.2) is 18.2 Å². The fraction of sp³-hybridized carbons (Fsp3) is 0.538. The highest BCUT2D eigenvalue weighted by molar-refractivity contribution is 5.39. The maximum absolute atomic E-state index is 8.80. The van der Waals surface area contributed by atoms with E-state index in [1.54, 1.807) is 7.11 Å². The molecule has 1 atom stereocenters. The van der Waals surface area contributed by atoms with Crippen LogP contribution in [0, 0.1) is 6.92 Å². The first-order valence-corrected chi connectivity index (χ1v) is 5.44. The van der Waals surface area contributed by atoms with E-state index in [-0.39, 0.29) is 6.61 Å². The number of methoxy groups -OCH3 is 1. The largest absolute Gasteiger partial charge is 0.496 e. The maximum atomic E-state index is 8.80. The van der Waals surface area contributed by atoms with Gasteiger partial charge in [-0.15, -0.1) is 0 Å². The van der Waals surface area contributed by atoms with Crippen LogP contribution in [0.2, 0.25) is 0 Å². The average Bonchev–Trinajstić information content (AvgIpc) is 2.25. The summed E-state index contributed by atoms with van der Waals surface area (Å²) in [5, 5.41) is 8.80. The van der Waals surface area contributed by atoms with Crippen LogP contribution in [0.4, 0.5) is 0 Å². The lowest BCUT2D eigenvalue weighted by atomic mass is 9.94. The van der Waals surface area contributed by atoms with Gasteiger partial charge in [-0.05, 0) is 42.9 Å². The third-order valence-electron chi connectivity index (χ3n) is 2.72. The fourth-order valence-electron chi connectivity index (χ4n) is 1.78. The van der Waals surface area contributed by atoms with Crippen LogP contribution in [0.5, 0.6) is 5.75 Å². The highest BCUT2D eigenvalue weighted by Gasteiger charge is 2.10. The number of aliphatic hydroxyl groups excluding tert-OH is 1. The maximum Gasteiger partial charge on any atom is 0.122 e. The lowest BCUT2D eigenvalue weighted by Gasteiger charge is -2.15. The van der Waals surface area contributed by atoms with Crippen molar-refractivity contribution in [3.8, 4) is 5.75 Å². The van der Waals surface area contributed by atoms with Crippen molar-refractivity contribution in [1.29, 1.82) is 0 Å². The molecule has 0 aliphatic heterocycles. The summed E-state index contributed by atoms with van der Waals surface area (Å²) in [6, 6.07) is 6.29. The van der Waals surface area contributed by atoms with Crippen molar-refractivity contribution in [2.24, 2.45) is 0 Å². The molecule has 1 N–H and O–H groups in total. The third kappa shape index (κ3) is 3.24. The van der Waals surface area contributed by atoms with Crippen molar-refractivity contribution < 1.29 is 9.84 Å². The summed E-state index contributed by atoms with van der Waals surface area (Å²) >= 11 is 0. The highest BCUT2D eigenvalue weighted by atomic mass is 16.5. The van der Waals surface area contributed by atoms with Gasteiger partial charge in [0, 0.05) is 6.61 Å². The Balaban J connectivity index is 2.82. The SMILES string of the molecule is COc1cc(C)ccc1[C@H](C)CCCO. The molecule has 1 aromatic carbocycles. The molecule has 0 bridgehead atoms. The highest BCUT2D eigenvalue weighted by Crippen LogP contribution is 2.30. The number of hydrogen-bond acceptors (Lipinski definition) is 2. The van der Waals surface area contributed by atoms with E-state index in [2.05, 4.69) is 32.0 Å². The number of benzene rings is 1. The lowest BCUT2D eigenvalue weighted by molar-refractivity contribution is 0.280. The summed E-state index contributed by atoms with van der Waals surface area (Å²) < 4.78 is 5.36. The van der Waals surface area contributed by atoms with Gasteiger partial charge in [-0.25, -0.2) is 0 Å². The van der Waals surface area contributed by atoms with Gasteiger partial charge < -0.3 is 9.84 Å². The number of rotatable bonds is 5. The van der Waals surface area contributed by atoms with Gasteiger partial charge in [0.05, 0.1) is 7.11 Å². The average molecular weight is 208 g/mol. The molecule has 0 amide bonds. The molecule has 0 aliphatic carbocycles. The molecule has 84 valence electrons. The lowest BCUT2D eigenvalue weighted by Crippen LogP contribution is -1.99. The first-order chi connectivity index (χ1) is 7.19. The summed E-state index contributed by atoms with van der Waals surface area (Å²) in [7, 11) is 1.71. The second-order valence-electron chi connectivity index (χ2n) is 4.01. The van der Waals surface area contributed by atoms with Gasteiger partial charge in [-0.2, -0.15) is 0 Å². The summed E-state index contributed by atoms with van der Waals surface area (Å²) in [5.74, 6) is 1.40. The summed E-state index contributed by atoms with van der Waals surface area (Å²) in [5.41, 5.74) is 2.45. The number of aryl methyl sites for hydroxylation is 1. The number of aliphatic hydroxyl groups is 1. The second kappa shape index (κ2) is 5.76. The summed E-state index contributed by atoms with van der Waals surface area (Å²) in [6.07, 6.45) is 1.84. The van der Waals surface area contributed by atoms with Crippen LogP contribution in [-0.2, 0) is 0 Å². The zero-order chi connectivity index (χ0) is 11.3. The zero-order valence-corrected chi connectivity index (χ0v) is 9.79. The van der Waals surface area contributed by atoms with Crippen LogP contribution >= 0.6 is 0 Å². The van der Waals surface area contributed by atoms with E-state index in [1.165, 1.54) is 11.1 Å². The van der Waals surface area contributed by atoms with Crippen molar-refractivity contribution in [3.05, 3.63) is 29.3 Å². The summed E-state index contributed by atoms with van der Waals surface area (Å²) in [6.45, 7) is 4.49. The second-order valence-corrected chi connectivity index (χ2v) is 4.01. The molecule has 0 saturated heterocycles. The Labute approximate surface area is 91.9 Å². The minimum atomic E-state index is 0.262. The minimum absolute atomic E-state index is 0.262. The Bertz CT molecular complexity index is 307. The molecule has 0 unspecified atom stereocenters. The zero-order valence-electron chi connectivity index (χ0n) is 9.79. The van der Waals surface area contributed by atoms with Crippen molar-refractivity contribution in [2.45, 2.75) is 32.6 Å². The molecule has 2 nitrogen and oxygen atoms in total. The molecule has 2 heteroatoms. The Hall–Kier alpha value is -1.02. The van der Waals surface area contributed by atoms with Gasteiger partial charge in [0.25, 0.3) is 0 Å². The van der Waals surface area contributed by atoms with Crippen LogP contribution in [0.3, 0.4) is 0 Å². The van der Waals surface area contributed by atoms with E-state index in [0.717, 1.165) is 18.6 Å². The van der Waals surface area contributed by atoms with Crippen LogP contribution in [0.1, 0.15) is 36.8 Å². The molecular weight excluding hydrogens is 188 g/mol. The quantitative estimate of drug-likeness (QED) is 0.806. The number of hydrogen-bond donors (Lipinski definition) is 1. The van der Waals surface area contributed by atoms with E-state index in [0.29, 0.717) is 5.92 Å². The van der Waals surface area contributed by atoms with Gasteiger partial charge in [-0.3, -0.25) is 0 Å². The van der Waals surface area contributed by atoms with Gasteiger partial charge in [-0.1, -0.05) is 19.1 Å². The third-order valence-corrected chi connectivity index (χ3v) is 2.72. The molecule has 0 heterocycles. The standard InChI is InChI=1S/C13H20O2/c1-10-6-7-12(13(9-10)15-3)11(2)5-4-8-14/h6-7,9,11,14H,4-5,8H2,1-3H3/t11-/m1/s1. The Morgan fingerprint density at radius 2 is 2.13 bits per heavy atom. The molecule has 0 radical (unpaired) electrons. The van der Waals surface area contributed by atoms with Crippen molar-refractivity contribution in [2.75, 3.05) is 13.7 Å². The van der Waals surface area contributed by atoms with E-state index in [1.807, 2.05) is 0 Å². The Morgan fingerprint density at radius 3 is 2.73 bits per heavy atom. The smallest absolute Gasteiger partial charge is 0.122 e. The minimum Gasteiger partial charge on any atom is -0.496 e. The van der Waals surface area contributed by atoms with Crippen molar-refractivity contribution in [3.63, 3.8) is 0 Å². The molecule has 15 heavy (non-hydrogen) atoms. The van der Waals surface area contributed by atoms with E-state index < -0.39 is 0 Å². The van der Waals surface area contributed by atoms with Gasteiger partial charge >= 0.3 is 0 Å². The first-order valence-electron chi connectivity index (χ1n) is 5.44. The van der Waals surface area contributed by atoms with Gasteiger partial charge in [0.2, 0.25) is 0 Å². The fourth-order valence-corrected chi connectivity index (χ4v) is 1.78. The van der Waals surface area contributed by atoms with E-state index >= 15 is 0 Å². The molecule has 0 saturated carbocycles. The predicted molar refractivity (Wildman–Crippen MR) is 62.5 cm³/mol. The molecule has 1 rings (SSSR count). The van der Waals surface area contributed by atoms with Gasteiger partial charge in [0.1, 0.15) is 5.75 Å². The van der Waals surface area contributed by atoms with E-state index in [4.69, 9.17) is 9.84 Å². The molecule has 0 aromatic heterocycles. The van der Waals surface area contributed by atoms with Crippen LogP contribution in [0.25, 0.3) is 0 Å². The van der Waals surface area contributed by atoms with Crippen LogP contribution in [-0.4, -0.2) is 18.8 Å². The Morgan fingerprint density at radius 1 is 1.40 bits per heavy atom. The first kappa shape index (κ1) is 12.1. The monoisotopic (exact) mass is 208 g/mol. The molecular formula is C13H20O2. The summed E-state index contributed by atoms with van der Waals surface area (Å²) in [4.78, 5) is 0. The normalized spacial score (nSPS) is 12.5. The van der Waals surface area contributed by atoms with Crippen molar-refractivity contribution >= 4 is 0 Å². The molecule has 0 spiro atoms. The molecule has 1 aromatic rings. The predicted octanol–water partition coefficient (Wildman–Crippen LogP) is 2.88. The number of ether oxygens (including phenoxy) is 1. The Kier molecular flexibility index (Phi) is 4.63. The van der Waals surface area contributed by atoms with Crippen LogP contribution < -0.4 is 4.74 Å². The molecule has 0 aliphatic rings. The van der Waals surface area contributed by atoms with Crippen molar-refractivity contribution in [1.82, 2.24) is 0 Å². The van der Waals surface area contributed by atoms with Gasteiger partial charge in [0.15, 0.2) is 0 Å². The molecule has 0 fully saturated rings.